The van der Waals surface area contributed by atoms with Crippen molar-refractivity contribution in [3.63, 3.8) is 0 Å². The van der Waals surface area contributed by atoms with Gasteiger partial charge in [-0.3, -0.25) is 0 Å². The number of fused-ring (bicyclic) bond motifs is 9. The van der Waals surface area contributed by atoms with E-state index in [-0.39, 0.29) is 13.4 Å². The van der Waals surface area contributed by atoms with Gasteiger partial charge < -0.3 is 4.57 Å². The molecule has 7 aromatic carbocycles. The maximum atomic E-state index is 2.53. The molecule has 0 amide bonds. The molecular formula is C51H45B2NS. The summed E-state index contributed by atoms with van der Waals surface area (Å²) in [4.78, 5) is 2.71. The van der Waals surface area contributed by atoms with Crippen LogP contribution in [-0.2, 0) is 0 Å². The highest BCUT2D eigenvalue weighted by Crippen LogP contribution is 2.38. The zero-order valence-electron chi connectivity index (χ0n) is 32.6. The van der Waals surface area contributed by atoms with Crippen molar-refractivity contribution in [2.24, 2.45) is 0 Å². The van der Waals surface area contributed by atoms with E-state index in [1.54, 1.807) is 0 Å². The van der Waals surface area contributed by atoms with E-state index in [0.29, 0.717) is 17.8 Å². The Balaban J connectivity index is 1.21. The van der Waals surface area contributed by atoms with Gasteiger partial charge in [0.15, 0.2) is 0 Å². The first kappa shape index (κ1) is 34.3. The predicted molar refractivity (Wildman–Crippen MR) is 241 cm³/mol. The SMILES string of the molecule is CC(C)c1cc(C(C)C)c(B2c3ccccc3Sc3cc(-n4c5ccccc5c5c6c(ccc54)-c4ccccc4B6c4ccccc4)ccc32)c(C(C)C)c1. The topological polar surface area (TPSA) is 4.93 Å². The summed E-state index contributed by atoms with van der Waals surface area (Å²) in [6.07, 6.45) is 0. The quantitative estimate of drug-likeness (QED) is 0.155. The van der Waals surface area contributed by atoms with Crippen LogP contribution in [0.4, 0.5) is 0 Å². The summed E-state index contributed by atoms with van der Waals surface area (Å²) >= 11 is 1.94. The molecule has 0 fully saturated rings. The molecule has 0 aliphatic carbocycles. The number of rotatable bonds is 6. The Kier molecular flexibility index (Phi) is 8.26. The fourth-order valence-corrected chi connectivity index (χ4v) is 11.0. The summed E-state index contributed by atoms with van der Waals surface area (Å²) in [7, 11) is 0. The fraction of sp³-hybridized carbons (Fsp3) is 0.176. The number of benzene rings is 7. The molecule has 0 N–H and O–H groups in total. The van der Waals surface area contributed by atoms with Crippen molar-refractivity contribution in [3.8, 4) is 16.8 Å². The highest BCUT2D eigenvalue weighted by atomic mass is 32.2. The number of hydrogen-bond acceptors (Lipinski definition) is 1. The maximum absolute atomic E-state index is 2.53. The molecule has 1 nitrogen and oxygen atoms in total. The van der Waals surface area contributed by atoms with Crippen molar-refractivity contribution in [2.45, 2.75) is 69.1 Å². The lowest BCUT2D eigenvalue weighted by Gasteiger charge is -2.32. The zero-order chi connectivity index (χ0) is 37.5. The van der Waals surface area contributed by atoms with Crippen LogP contribution in [0.3, 0.4) is 0 Å². The lowest BCUT2D eigenvalue weighted by Crippen LogP contribution is -2.57. The number of hydrogen-bond donors (Lipinski definition) is 0. The molecule has 3 heterocycles. The van der Waals surface area contributed by atoms with Crippen LogP contribution in [0, 0.1) is 0 Å². The standard InChI is InChI=1S/C51H45B2NS/c1-31(2)34-28-40(32(3)4)50(41(29-34)33(5)6)53-43-21-13-15-23-47(43)55-48-30-36(24-26-44(48)53)54-45-22-14-11-19-39(45)49-46(54)27-25-38-37-18-10-12-20-42(37)52(51(38)49)35-16-8-7-9-17-35/h7-33H,1-6H3. The first-order chi connectivity index (χ1) is 26.8. The second kappa shape index (κ2) is 13.2. The minimum Gasteiger partial charge on any atom is -0.309 e. The van der Waals surface area contributed by atoms with Gasteiger partial charge in [-0.05, 0) is 75.9 Å². The second-order valence-corrected chi connectivity index (χ2v) is 17.7. The number of aromatic nitrogens is 1. The Morgan fingerprint density at radius 3 is 1.87 bits per heavy atom. The summed E-state index contributed by atoms with van der Waals surface area (Å²) in [6.45, 7) is 14.5. The van der Waals surface area contributed by atoms with Crippen molar-refractivity contribution >= 4 is 79.8 Å². The molecule has 1 aromatic heterocycles. The smallest absolute Gasteiger partial charge is 0.244 e. The Bertz CT molecular complexity index is 2760. The average molecular weight is 726 g/mol. The molecule has 0 radical (unpaired) electrons. The van der Waals surface area contributed by atoms with Crippen LogP contribution in [0.5, 0.6) is 0 Å². The molecule has 0 saturated heterocycles. The first-order valence-electron chi connectivity index (χ1n) is 20.1. The summed E-state index contributed by atoms with van der Waals surface area (Å²) < 4.78 is 2.53. The van der Waals surface area contributed by atoms with Gasteiger partial charge in [-0.15, -0.1) is 0 Å². The third-order valence-electron chi connectivity index (χ3n) is 12.3. The molecular weight excluding hydrogens is 680 g/mol. The van der Waals surface area contributed by atoms with Gasteiger partial charge in [0.05, 0.1) is 11.0 Å². The van der Waals surface area contributed by atoms with E-state index in [1.807, 2.05) is 11.8 Å². The van der Waals surface area contributed by atoms with Crippen LogP contribution < -0.4 is 32.8 Å². The number of para-hydroxylation sites is 1. The molecule has 0 bridgehead atoms. The molecule has 0 saturated carbocycles. The molecule has 0 atom stereocenters. The van der Waals surface area contributed by atoms with E-state index in [2.05, 4.69) is 192 Å². The third kappa shape index (κ3) is 5.32. The van der Waals surface area contributed by atoms with Gasteiger partial charge in [0.2, 0.25) is 13.4 Å². The van der Waals surface area contributed by atoms with Gasteiger partial charge in [0, 0.05) is 26.3 Å². The van der Waals surface area contributed by atoms with Crippen LogP contribution in [0.15, 0.2) is 155 Å². The van der Waals surface area contributed by atoms with Gasteiger partial charge in [0.1, 0.15) is 0 Å². The predicted octanol–water partition coefficient (Wildman–Crippen LogP) is 9.63. The van der Waals surface area contributed by atoms with Crippen molar-refractivity contribution in [2.75, 3.05) is 0 Å². The minimum absolute atomic E-state index is 0.170. The van der Waals surface area contributed by atoms with Crippen LogP contribution in [-0.4, -0.2) is 18.0 Å². The largest absolute Gasteiger partial charge is 0.309 e. The molecule has 2 aliphatic rings. The summed E-state index contributed by atoms with van der Waals surface area (Å²) in [6, 6.07) is 55.5. The van der Waals surface area contributed by atoms with Crippen molar-refractivity contribution in [1.29, 1.82) is 0 Å². The van der Waals surface area contributed by atoms with Crippen molar-refractivity contribution < 1.29 is 0 Å². The summed E-state index contributed by atoms with van der Waals surface area (Å²) in [5.41, 5.74) is 19.4. The zero-order valence-corrected chi connectivity index (χ0v) is 33.4. The van der Waals surface area contributed by atoms with E-state index in [1.165, 1.54) is 97.9 Å². The van der Waals surface area contributed by atoms with Crippen LogP contribution in [0.1, 0.15) is 76.0 Å². The molecule has 0 unspecified atom stereocenters. The van der Waals surface area contributed by atoms with Gasteiger partial charge >= 0.3 is 0 Å². The third-order valence-corrected chi connectivity index (χ3v) is 13.5. The lowest BCUT2D eigenvalue weighted by atomic mass is 9.34. The first-order valence-corrected chi connectivity index (χ1v) is 20.9. The Hall–Kier alpha value is -5.18. The molecule has 8 aromatic rings. The number of nitrogens with zero attached hydrogens (tertiary/aromatic N) is 1. The molecule has 10 rings (SSSR count). The van der Waals surface area contributed by atoms with Gasteiger partial charge in [-0.1, -0.05) is 201 Å². The fourth-order valence-electron chi connectivity index (χ4n) is 9.78. The molecule has 266 valence electrons. The normalized spacial score (nSPS) is 13.3. The van der Waals surface area contributed by atoms with Crippen LogP contribution >= 0.6 is 11.8 Å². The van der Waals surface area contributed by atoms with Crippen LogP contribution in [0.25, 0.3) is 38.6 Å². The molecule has 2 aliphatic heterocycles. The maximum Gasteiger partial charge on any atom is 0.244 e. The van der Waals surface area contributed by atoms with Crippen molar-refractivity contribution in [3.05, 3.63) is 162 Å². The molecule has 55 heavy (non-hydrogen) atoms. The van der Waals surface area contributed by atoms with Crippen LogP contribution in [0.2, 0.25) is 0 Å². The Morgan fingerprint density at radius 1 is 0.473 bits per heavy atom. The Morgan fingerprint density at radius 2 is 1.13 bits per heavy atom. The molecule has 0 spiro atoms. The van der Waals surface area contributed by atoms with E-state index >= 15 is 0 Å². The monoisotopic (exact) mass is 725 g/mol. The molecule has 4 heteroatoms. The second-order valence-electron chi connectivity index (χ2n) is 16.6. The summed E-state index contributed by atoms with van der Waals surface area (Å²) in [5, 5.41) is 2.67. The minimum atomic E-state index is 0.170. The lowest BCUT2D eigenvalue weighted by molar-refractivity contribution is 0.812. The van der Waals surface area contributed by atoms with Gasteiger partial charge in [-0.2, -0.15) is 0 Å². The van der Waals surface area contributed by atoms with E-state index < -0.39 is 0 Å². The van der Waals surface area contributed by atoms with Gasteiger partial charge in [0.25, 0.3) is 0 Å². The highest BCUT2D eigenvalue weighted by Gasteiger charge is 2.38. The van der Waals surface area contributed by atoms with E-state index in [4.69, 9.17) is 0 Å². The van der Waals surface area contributed by atoms with E-state index in [0.717, 1.165) is 0 Å². The average Bonchev–Trinajstić information content (AvgIpc) is 3.72. The highest BCUT2D eigenvalue weighted by molar-refractivity contribution is 8.00. The van der Waals surface area contributed by atoms with Gasteiger partial charge in [-0.25, -0.2) is 0 Å². The summed E-state index contributed by atoms with van der Waals surface area (Å²) in [5.74, 6) is 1.32. The van der Waals surface area contributed by atoms with Crippen molar-refractivity contribution in [1.82, 2.24) is 4.57 Å². The van der Waals surface area contributed by atoms with E-state index in [9.17, 15) is 0 Å². The Labute approximate surface area is 331 Å².